The van der Waals surface area contributed by atoms with E-state index in [1.165, 1.54) is 7.11 Å². The Balaban J connectivity index is 3.01. The van der Waals surface area contributed by atoms with Gasteiger partial charge in [0.15, 0.2) is 0 Å². The summed E-state index contributed by atoms with van der Waals surface area (Å²) in [6.07, 6.45) is 0. The van der Waals surface area contributed by atoms with Gasteiger partial charge in [-0.2, -0.15) is 0 Å². The molecule has 0 radical (unpaired) electrons. The lowest BCUT2D eigenvalue weighted by atomic mass is 10.2. The summed E-state index contributed by atoms with van der Waals surface area (Å²) in [6.45, 7) is 0. The van der Waals surface area contributed by atoms with Crippen LogP contribution in [0.25, 0.3) is 10.9 Å². The van der Waals surface area contributed by atoms with E-state index in [0.717, 1.165) is 0 Å². The molecular formula is C9H8N2O3. The molecule has 0 aliphatic heterocycles. The number of fused-ring (bicyclic) bond motifs is 1. The van der Waals surface area contributed by atoms with Crippen LogP contribution < -0.4 is 16.0 Å². The van der Waals surface area contributed by atoms with E-state index in [0.29, 0.717) is 16.7 Å². The number of rotatable bonds is 1. The van der Waals surface area contributed by atoms with Crippen LogP contribution in [0, 0.1) is 0 Å². The van der Waals surface area contributed by atoms with Gasteiger partial charge in [-0.25, -0.2) is 4.79 Å². The maximum Gasteiger partial charge on any atom is 0.326 e. The van der Waals surface area contributed by atoms with Crippen molar-refractivity contribution in [1.29, 1.82) is 0 Å². The van der Waals surface area contributed by atoms with E-state index in [1.807, 2.05) is 0 Å². The molecule has 0 aliphatic rings. The number of aromatic nitrogens is 2. The summed E-state index contributed by atoms with van der Waals surface area (Å²) in [5.41, 5.74) is -0.529. The zero-order valence-corrected chi connectivity index (χ0v) is 7.46. The van der Waals surface area contributed by atoms with Crippen LogP contribution in [0.1, 0.15) is 0 Å². The molecule has 2 aromatic rings. The SMILES string of the molecule is COc1cccc2c(=O)[nH]c(=O)[nH]c12. The topological polar surface area (TPSA) is 75.0 Å². The standard InChI is InChI=1S/C9H8N2O3/c1-14-6-4-2-3-5-7(6)10-9(13)11-8(5)12/h2-4H,1H3,(H2,10,11,12,13). The number of H-pyrrole nitrogens is 2. The molecule has 2 N–H and O–H groups in total. The first-order chi connectivity index (χ1) is 6.72. The molecule has 0 amide bonds. The van der Waals surface area contributed by atoms with Gasteiger partial charge in [-0.15, -0.1) is 0 Å². The third kappa shape index (κ3) is 1.19. The Morgan fingerprint density at radius 2 is 2.00 bits per heavy atom. The molecule has 0 spiro atoms. The monoisotopic (exact) mass is 192 g/mol. The van der Waals surface area contributed by atoms with Crippen LogP contribution in [-0.4, -0.2) is 17.1 Å². The predicted octanol–water partition coefficient (Wildman–Crippen LogP) is 0.225. The zero-order chi connectivity index (χ0) is 10.1. The highest BCUT2D eigenvalue weighted by molar-refractivity contribution is 5.83. The minimum atomic E-state index is -0.535. The van der Waals surface area contributed by atoms with Crippen molar-refractivity contribution in [3.05, 3.63) is 39.0 Å². The van der Waals surface area contributed by atoms with Gasteiger partial charge in [-0.05, 0) is 12.1 Å². The third-order valence-electron chi connectivity index (χ3n) is 1.96. The molecule has 0 atom stereocenters. The fourth-order valence-electron chi connectivity index (χ4n) is 1.33. The Kier molecular flexibility index (Phi) is 1.85. The summed E-state index contributed by atoms with van der Waals surface area (Å²) in [5, 5.41) is 0.406. The maximum atomic E-state index is 11.3. The molecule has 1 heterocycles. The van der Waals surface area contributed by atoms with Gasteiger partial charge in [0.05, 0.1) is 18.0 Å². The summed E-state index contributed by atoms with van der Waals surface area (Å²) in [6, 6.07) is 4.99. The molecule has 1 aromatic carbocycles. The summed E-state index contributed by atoms with van der Waals surface area (Å²) in [7, 11) is 1.48. The highest BCUT2D eigenvalue weighted by Crippen LogP contribution is 2.18. The summed E-state index contributed by atoms with van der Waals surface area (Å²) in [5.74, 6) is 0.478. The average Bonchev–Trinajstić information content (AvgIpc) is 2.17. The second-order valence-corrected chi connectivity index (χ2v) is 2.79. The molecule has 5 heteroatoms. The van der Waals surface area contributed by atoms with Crippen molar-refractivity contribution < 1.29 is 4.74 Å². The smallest absolute Gasteiger partial charge is 0.326 e. The number of aromatic amines is 2. The second-order valence-electron chi connectivity index (χ2n) is 2.79. The quantitative estimate of drug-likeness (QED) is 0.678. The fraction of sp³-hybridized carbons (Fsp3) is 0.111. The number of benzene rings is 1. The van der Waals surface area contributed by atoms with E-state index in [9.17, 15) is 9.59 Å². The summed E-state index contributed by atoms with van der Waals surface area (Å²) >= 11 is 0. The lowest BCUT2D eigenvalue weighted by Gasteiger charge is -2.02. The van der Waals surface area contributed by atoms with Gasteiger partial charge in [-0.1, -0.05) is 6.07 Å². The Morgan fingerprint density at radius 1 is 1.21 bits per heavy atom. The van der Waals surface area contributed by atoms with Gasteiger partial charge in [0.2, 0.25) is 0 Å². The van der Waals surface area contributed by atoms with Gasteiger partial charge < -0.3 is 9.72 Å². The summed E-state index contributed by atoms with van der Waals surface area (Å²) in [4.78, 5) is 27.0. The van der Waals surface area contributed by atoms with Gasteiger partial charge >= 0.3 is 5.69 Å². The van der Waals surface area contributed by atoms with Crippen LogP contribution in [0.5, 0.6) is 5.75 Å². The van der Waals surface area contributed by atoms with Crippen LogP contribution >= 0.6 is 0 Å². The van der Waals surface area contributed by atoms with Crippen molar-refractivity contribution in [2.24, 2.45) is 0 Å². The molecule has 5 nitrogen and oxygen atoms in total. The van der Waals surface area contributed by atoms with Crippen molar-refractivity contribution in [2.45, 2.75) is 0 Å². The molecule has 0 fully saturated rings. The van der Waals surface area contributed by atoms with E-state index in [1.54, 1.807) is 18.2 Å². The number of methoxy groups -OCH3 is 1. The highest BCUT2D eigenvalue weighted by atomic mass is 16.5. The molecule has 0 saturated heterocycles. The lowest BCUT2D eigenvalue weighted by molar-refractivity contribution is 0.418. The van der Waals surface area contributed by atoms with Crippen molar-refractivity contribution >= 4 is 10.9 Å². The van der Waals surface area contributed by atoms with E-state index in [-0.39, 0.29) is 0 Å². The number of nitrogens with one attached hydrogen (secondary N) is 2. The highest BCUT2D eigenvalue weighted by Gasteiger charge is 2.04. The van der Waals surface area contributed by atoms with Crippen molar-refractivity contribution in [3.63, 3.8) is 0 Å². The number of para-hydroxylation sites is 1. The molecular weight excluding hydrogens is 184 g/mol. The Morgan fingerprint density at radius 3 is 2.71 bits per heavy atom. The first-order valence-electron chi connectivity index (χ1n) is 4.01. The number of hydrogen-bond acceptors (Lipinski definition) is 3. The second kappa shape index (κ2) is 3.02. The first kappa shape index (κ1) is 8.55. The van der Waals surface area contributed by atoms with E-state index >= 15 is 0 Å². The molecule has 1 aromatic heterocycles. The van der Waals surface area contributed by atoms with Crippen LogP contribution in [0.4, 0.5) is 0 Å². The van der Waals surface area contributed by atoms with Crippen LogP contribution in [-0.2, 0) is 0 Å². The molecule has 0 bridgehead atoms. The molecule has 14 heavy (non-hydrogen) atoms. The van der Waals surface area contributed by atoms with Crippen LogP contribution in [0.2, 0.25) is 0 Å². The average molecular weight is 192 g/mol. The summed E-state index contributed by atoms with van der Waals surface area (Å²) < 4.78 is 5.01. The minimum Gasteiger partial charge on any atom is -0.495 e. The fourth-order valence-corrected chi connectivity index (χ4v) is 1.33. The van der Waals surface area contributed by atoms with E-state index < -0.39 is 11.2 Å². The van der Waals surface area contributed by atoms with Crippen molar-refractivity contribution in [2.75, 3.05) is 7.11 Å². The molecule has 0 saturated carbocycles. The van der Waals surface area contributed by atoms with E-state index in [4.69, 9.17) is 4.74 Å². The number of ether oxygens (including phenoxy) is 1. The van der Waals surface area contributed by atoms with Gasteiger partial charge in [0, 0.05) is 0 Å². The van der Waals surface area contributed by atoms with Crippen molar-refractivity contribution in [3.8, 4) is 5.75 Å². The minimum absolute atomic E-state index is 0.406. The Hall–Kier alpha value is -2.04. The third-order valence-corrected chi connectivity index (χ3v) is 1.96. The van der Waals surface area contributed by atoms with E-state index in [2.05, 4.69) is 9.97 Å². The van der Waals surface area contributed by atoms with Crippen LogP contribution in [0.3, 0.4) is 0 Å². The maximum absolute atomic E-state index is 11.3. The number of hydrogen-bond donors (Lipinski definition) is 2. The predicted molar refractivity (Wildman–Crippen MR) is 51.7 cm³/mol. The Bertz CT molecular complexity index is 582. The van der Waals surface area contributed by atoms with Crippen LogP contribution in [0.15, 0.2) is 27.8 Å². The Labute approximate surface area is 78.4 Å². The normalized spacial score (nSPS) is 10.4. The van der Waals surface area contributed by atoms with Gasteiger partial charge in [-0.3, -0.25) is 9.78 Å². The molecule has 72 valence electrons. The van der Waals surface area contributed by atoms with Gasteiger partial charge in [0.25, 0.3) is 5.56 Å². The largest absolute Gasteiger partial charge is 0.495 e. The molecule has 0 unspecified atom stereocenters. The zero-order valence-electron chi connectivity index (χ0n) is 7.46. The molecule has 2 rings (SSSR count). The van der Waals surface area contributed by atoms with Crippen molar-refractivity contribution in [1.82, 2.24) is 9.97 Å². The first-order valence-corrected chi connectivity index (χ1v) is 4.01. The van der Waals surface area contributed by atoms with Gasteiger partial charge in [0.1, 0.15) is 5.75 Å². The lowest BCUT2D eigenvalue weighted by Crippen LogP contribution is -2.21. The molecule has 0 aliphatic carbocycles.